The molecule has 9 heteroatoms. The molecule has 1 aromatic heterocycles. The molecule has 0 unspecified atom stereocenters. The number of nitrogens with zero attached hydrogens (tertiary/aromatic N) is 2. The first-order valence-corrected chi connectivity index (χ1v) is 12.2. The number of carbonyl (C=O) groups excluding carboxylic acids is 3. The van der Waals surface area contributed by atoms with E-state index in [1.54, 1.807) is 24.8 Å². The molecule has 33 heavy (non-hydrogen) atoms. The normalized spacial score (nSPS) is 14.8. The van der Waals surface area contributed by atoms with Gasteiger partial charge in [0.15, 0.2) is 5.69 Å². The summed E-state index contributed by atoms with van der Waals surface area (Å²) in [6, 6.07) is 17.0. The molecule has 0 bridgehead atoms. The smallest absolute Gasteiger partial charge is 0.293 e. The van der Waals surface area contributed by atoms with Crippen LogP contribution in [0.5, 0.6) is 0 Å². The van der Waals surface area contributed by atoms with Crippen LogP contribution >= 0.6 is 23.5 Å². The minimum absolute atomic E-state index is 0.0710. The molecule has 0 spiro atoms. The Balaban J connectivity index is 1.36. The molecule has 1 fully saturated rings. The van der Waals surface area contributed by atoms with Gasteiger partial charge in [-0.25, -0.2) is 4.98 Å². The topological polar surface area (TPSA) is 92.5 Å². The standard InChI is InChI=1S/C24H21N3O4S2/c1-15-20(26-22(31-15)17-6-4-3-5-7-17)21(28)25-12-13-27-23(29)19(33-24(27)30)14-16-8-10-18(32-2)11-9-16/h3-11,14H,12-13H2,1-2H3,(H,25,28). The number of benzene rings is 2. The molecule has 4 rings (SSSR count). The van der Waals surface area contributed by atoms with Gasteiger partial charge in [-0.1, -0.05) is 30.3 Å². The molecular weight excluding hydrogens is 458 g/mol. The quantitative estimate of drug-likeness (QED) is 0.383. The summed E-state index contributed by atoms with van der Waals surface area (Å²) in [6.07, 6.45) is 3.70. The highest BCUT2D eigenvalue weighted by molar-refractivity contribution is 8.18. The summed E-state index contributed by atoms with van der Waals surface area (Å²) in [4.78, 5) is 44.5. The highest BCUT2D eigenvalue weighted by Crippen LogP contribution is 2.32. The van der Waals surface area contributed by atoms with Crippen LogP contribution in [0, 0.1) is 6.92 Å². The van der Waals surface area contributed by atoms with Gasteiger partial charge in [-0.05, 0) is 60.8 Å². The van der Waals surface area contributed by atoms with Crippen LogP contribution in [-0.2, 0) is 4.79 Å². The summed E-state index contributed by atoms with van der Waals surface area (Å²) in [5.74, 6) is -0.0279. The maximum absolute atomic E-state index is 12.7. The lowest BCUT2D eigenvalue weighted by molar-refractivity contribution is -0.122. The minimum Gasteiger partial charge on any atom is -0.441 e. The Morgan fingerprint density at radius 3 is 2.58 bits per heavy atom. The maximum atomic E-state index is 12.7. The van der Waals surface area contributed by atoms with E-state index < -0.39 is 5.91 Å². The average Bonchev–Trinajstić information content (AvgIpc) is 3.34. The molecule has 7 nitrogen and oxygen atoms in total. The number of carbonyl (C=O) groups is 3. The van der Waals surface area contributed by atoms with E-state index in [1.165, 1.54) is 0 Å². The van der Waals surface area contributed by atoms with Crippen LogP contribution in [0.1, 0.15) is 21.8 Å². The Kier molecular flexibility index (Phi) is 7.00. The van der Waals surface area contributed by atoms with Crippen molar-refractivity contribution in [2.75, 3.05) is 19.3 Å². The van der Waals surface area contributed by atoms with Gasteiger partial charge in [0.05, 0.1) is 4.91 Å². The number of imide groups is 1. The molecule has 168 valence electrons. The van der Waals surface area contributed by atoms with E-state index in [0.29, 0.717) is 16.6 Å². The number of rotatable bonds is 7. The van der Waals surface area contributed by atoms with Gasteiger partial charge in [0.2, 0.25) is 5.89 Å². The highest BCUT2D eigenvalue weighted by Gasteiger charge is 2.34. The summed E-state index contributed by atoms with van der Waals surface area (Å²) in [5, 5.41) is 2.35. The lowest BCUT2D eigenvalue weighted by atomic mass is 10.2. The maximum Gasteiger partial charge on any atom is 0.293 e. The van der Waals surface area contributed by atoms with Crippen LogP contribution in [0.25, 0.3) is 17.5 Å². The van der Waals surface area contributed by atoms with Gasteiger partial charge in [0.25, 0.3) is 17.1 Å². The summed E-state index contributed by atoms with van der Waals surface area (Å²) < 4.78 is 5.62. The lowest BCUT2D eigenvalue weighted by Crippen LogP contribution is -2.37. The first-order valence-electron chi connectivity index (χ1n) is 10.2. The second-order valence-corrected chi connectivity index (χ2v) is 9.03. The summed E-state index contributed by atoms with van der Waals surface area (Å²) in [6.45, 7) is 1.85. The molecule has 1 aliphatic rings. The van der Waals surface area contributed by atoms with Crippen molar-refractivity contribution in [2.45, 2.75) is 11.8 Å². The number of aryl methyl sites for hydroxylation is 1. The minimum atomic E-state index is -0.421. The zero-order chi connectivity index (χ0) is 23.4. The Bertz CT molecular complexity index is 1220. The lowest BCUT2D eigenvalue weighted by Gasteiger charge is -2.12. The van der Waals surface area contributed by atoms with Crippen molar-refractivity contribution in [1.29, 1.82) is 0 Å². The fourth-order valence-corrected chi connectivity index (χ4v) is 4.49. The third kappa shape index (κ3) is 5.20. The van der Waals surface area contributed by atoms with E-state index >= 15 is 0 Å². The third-order valence-corrected chi connectivity index (χ3v) is 6.59. The van der Waals surface area contributed by atoms with Crippen LogP contribution in [0.4, 0.5) is 4.79 Å². The Morgan fingerprint density at radius 2 is 1.88 bits per heavy atom. The summed E-state index contributed by atoms with van der Waals surface area (Å²) in [5.41, 5.74) is 1.80. The van der Waals surface area contributed by atoms with Crippen molar-refractivity contribution in [2.24, 2.45) is 0 Å². The van der Waals surface area contributed by atoms with Crippen molar-refractivity contribution in [1.82, 2.24) is 15.2 Å². The largest absolute Gasteiger partial charge is 0.441 e. The SMILES string of the molecule is CSc1ccc(C=C2SC(=O)N(CCNC(=O)c3nc(-c4ccccc4)oc3C)C2=O)cc1. The van der Waals surface area contributed by atoms with Gasteiger partial charge in [-0.15, -0.1) is 11.8 Å². The van der Waals surface area contributed by atoms with Gasteiger partial charge in [-0.2, -0.15) is 0 Å². The first-order chi connectivity index (χ1) is 16.0. The number of hydrogen-bond donors (Lipinski definition) is 1. The van der Waals surface area contributed by atoms with Crippen molar-refractivity contribution >= 4 is 46.7 Å². The van der Waals surface area contributed by atoms with Crippen LogP contribution in [-0.4, -0.2) is 46.3 Å². The fraction of sp³-hybridized carbons (Fsp3) is 0.167. The summed E-state index contributed by atoms with van der Waals surface area (Å²) >= 11 is 2.53. The number of thioether (sulfide) groups is 2. The van der Waals surface area contributed by atoms with Gasteiger partial charge in [0.1, 0.15) is 5.76 Å². The molecule has 0 saturated carbocycles. The predicted molar refractivity (Wildman–Crippen MR) is 130 cm³/mol. The number of aromatic nitrogens is 1. The fourth-order valence-electron chi connectivity index (χ4n) is 3.22. The second-order valence-electron chi connectivity index (χ2n) is 7.15. The van der Waals surface area contributed by atoms with E-state index in [-0.39, 0.29) is 29.9 Å². The first kappa shape index (κ1) is 22.9. The molecule has 3 aromatic rings. The molecule has 3 amide bonds. The van der Waals surface area contributed by atoms with E-state index in [0.717, 1.165) is 32.7 Å². The number of amides is 3. The zero-order valence-electron chi connectivity index (χ0n) is 18.0. The molecule has 2 aromatic carbocycles. The zero-order valence-corrected chi connectivity index (χ0v) is 19.7. The van der Waals surface area contributed by atoms with E-state index in [4.69, 9.17) is 4.42 Å². The Labute approximate surface area is 199 Å². The average molecular weight is 480 g/mol. The van der Waals surface area contributed by atoms with Crippen LogP contribution in [0.15, 0.2) is 68.8 Å². The van der Waals surface area contributed by atoms with E-state index in [2.05, 4.69) is 10.3 Å². The van der Waals surface area contributed by atoms with Crippen LogP contribution in [0.3, 0.4) is 0 Å². The van der Waals surface area contributed by atoms with Crippen LogP contribution < -0.4 is 5.32 Å². The molecule has 1 N–H and O–H groups in total. The molecule has 1 saturated heterocycles. The Morgan fingerprint density at radius 1 is 1.15 bits per heavy atom. The van der Waals surface area contributed by atoms with Crippen molar-refractivity contribution in [3.63, 3.8) is 0 Å². The van der Waals surface area contributed by atoms with Gasteiger partial charge >= 0.3 is 0 Å². The van der Waals surface area contributed by atoms with Gasteiger partial charge < -0.3 is 9.73 Å². The van der Waals surface area contributed by atoms with Gasteiger partial charge in [-0.3, -0.25) is 19.3 Å². The number of nitrogens with one attached hydrogen (secondary N) is 1. The summed E-state index contributed by atoms with van der Waals surface area (Å²) in [7, 11) is 0. The monoisotopic (exact) mass is 479 g/mol. The molecule has 0 radical (unpaired) electrons. The van der Waals surface area contributed by atoms with Crippen LogP contribution in [0.2, 0.25) is 0 Å². The highest BCUT2D eigenvalue weighted by atomic mass is 32.2. The molecule has 2 heterocycles. The predicted octanol–water partition coefficient (Wildman–Crippen LogP) is 4.84. The number of oxazole rings is 1. The van der Waals surface area contributed by atoms with Gasteiger partial charge in [0, 0.05) is 23.5 Å². The van der Waals surface area contributed by atoms with E-state index in [9.17, 15) is 14.4 Å². The molecular formula is C24H21N3O4S2. The third-order valence-electron chi connectivity index (χ3n) is 4.94. The second kappa shape index (κ2) is 10.1. The molecule has 0 atom stereocenters. The Hall–Kier alpha value is -3.30. The van der Waals surface area contributed by atoms with Crippen molar-refractivity contribution < 1.29 is 18.8 Å². The number of hydrogen-bond acceptors (Lipinski definition) is 7. The van der Waals surface area contributed by atoms with E-state index in [1.807, 2.05) is 60.9 Å². The van der Waals surface area contributed by atoms with Crippen molar-refractivity contribution in [3.8, 4) is 11.5 Å². The molecule has 1 aliphatic heterocycles. The van der Waals surface area contributed by atoms with Crippen molar-refractivity contribution in [3.05, 3.63) is 76.5 Å². The molecule has 0 aliphatic carbocycles.